The Balaban J connectivity index is 3.38. The summed E-state index contributed by atoms with van der Waals surface area (Å²) in [6.07, 6.45) is 0. The van der Waals surface area contributed by atoms with Gasteiger partial charge in [-0.25, -0.2) is 0 Å². The monoisotopic (exact) mass is 289 g/mol. The molecule has 0 spiro atoms. The summed E-state index contributed by atoms with van der Waals surface area (Å²) < 4.78 is 28.0. The van der Waals surface area contributed by atoms with Crippen molar-refractivity contribution in [3.05, 3.63) is 28.3 Å². The van der Waals surface area contributed by atoms with Crippen LogP contribution in [-0.2, 0) is 13.6 Å². The molecule has 0 heterocycles. The van der Waals surface area contributed by atoms with Gasteiger partial charge in [-0.2, -0.15) is 0 Å². The fourth-order valence-corrected chi connectivity index (χ4v) is 3.28. The van der Waals surface area contributed by atoms with Gasteiger partial charge in [-0.1, -0.05) is 0 Å². The molecular formula is C11H16NO6P. The van der Waals surface area contributed by atoms with E-state index in [9.17, 15) is 14.7 Å². The second-order valence-electron chi connectivity index (χ2n) is 3.45. The number of nitro groups is 1. The van der Waals surface area contributed by atoms with Crippen LogP contribution in [0.4, 0.5) is 5.69 Å². The van der Waals surface area contributed by atoms with E-state index in [1.807, 2.05) is 0 Å². The highest BCUT2D eigenvalue weighted by molar-refractivity contribution is 7.62. The van der Waals surface area contributed by atoms with Crippen LogP contribution in [0.25, 0.3) is 0 Å². The Morgan fingerprint density at radius 3 is 2.26 bits per heavy atom. The predicted molar refractivity (Wildman–Crippen MR) is 70.1 cm³/mol. The third kappa shape index (κ3) is 3.53. The molecule has 8 heteroatoms. The first-order valence-corrected chi connectivity index (χ1v) is 7.24. The highest BCUT2D eigenvalue weighted by Crippen LogP contribution is 2.49. The number of benzene rings is 1. The molecule has 0 unspecified atom stereocenters. The lowest BCUT2D eigenvalue weighted by atomic mass is 10.3. The van der Waals surface area contributed by atoms with Crippen LogP contribution in [0.15, 0.2) is 18.2 Å². The molecule has 0 aliphatic heterocycles. The molecule has 1 aromatic carbocycles. The molecule has 7 nitrogen and oxygen atoms in total. The highest BCUT2D eigenvalue weighted by Gasteiger charge is 2.32. The largest absolute Gasteiger partial charge is 0.496 e. The summed E-state index contributed by atoms with van der Waals surface area (Å²) in [5.41, 5.74) is -0.199. The smallest absolute Gasteiger partial charge is 0.365 e. The third-order valence-corrected chi connectivity index (χ3v) is 4.40. The lowest BCUT2D eigenvalue weighted by molar-refractivity contribution is -0.384. The van der Waals surface area contributed by atoms with Gasteiger partial charge in [-0.05, 0) is 19.9 Å². The molecule has 0 atom stereocenters. The maximum atomic E-state index is 12.6. The summed E-state index contributed by atoms with van der Waals surface area (Å²) in [7, 11) is -2.24. The van der Waals surface area contributed by atoms with E-state index in [0.29, 0.717) is 0 Å². The number of nitrogens with zero attached hydrogens (tertiary/aromatic N) is 1. The van der Waals surface area contributed by atoms with Crippen molar-refractivity contribution in [2.75, 3.05) is 20.3 Å². The average molecular weight is 289 g/mol. The first-order valence-electron chi connectivity index (χ1n) is 5.70. The van der Waals surface area contributed by atoms with Crippen molar-refractivity contribution >= 4 is 18.6 Å². The minimum Gasteiger partial charge on any atom is -0.496 e. The van der Waals surface area contributed by atoms with Crippen molar-refractivity contribution in [1.29, 1.82) is 0 Å². The van der Waals surface area contributed by atoms with Gasteiger partial charge in [0.2, 0.25) is 0 Å². The summed E-state index contributed by atoms with van der Waals surface area (Å²) in [6.45, 7) is 3.64. The predicted octanol–water partition coefficient (Wildman–Crippen LogP) is 2.49. The molecule has 0 aliphatic carbocycles. The molecule has 0 fully saturated rings. The van der Waals surface area contributed by atoms with Crippen molar-refractivity contribution < 1.29 is 23.3 Å². The molecule has 0 radical (unpaired) electrons. The van der Waals surface area contributed by atoms with Crippen LogP contribution in [0.3, 0.4) is 0 Å². The molecular weight excluding hydrogens is 273 g/mol. The van der Waals surface area contributed by atoms with Gasteiger partial charge in [-0.15, -0.1) is 0 Å². The standard InChI is InChI=1S/C11H16NO6P/c1-4-17-19(15,18-5-2)11-8-9(12(13)14)6-7-10(11)16-3/h6-8H,4-5H2,1-3H3. The van der Waals surface area contributed by atoms with Gasteiger partial charge in [0.15, 0.2) is 0 Å². The molecule has 0 saturated carbocycles. The summed E-state index contributed by atoms with van der Waals surface area (Å²) in [5.74, 6) is 0.232. The summed E-state index contributed by atoms with van der Waals surface area (Å²) in [5, 5.41) is 10.9. The number of ether oxygens (including phenoxy) is 1. The third-order valence-electron chi connectivity index (χ3n) is 2.27. The van der Waals surface area contributed by atoms with Crippen molar-refractivity contribution in [3.63, 3.8) is 0 Å². The van der Waals surface area contributed by atoms with Gasteiger partial charge in [0.05, 0.1) is 25.2 Å². The van der Waals surface area contributed by atoms with Gasteiger partial charge in [-0.3, -0.25) is 14.7 Å². The number of rotatable bonds is 7. The van der Waals surface area contributed by atoms with Crippen LogP contribution in [0, 0.1) is 10.1 Å². The Bertz CT molecular complexity index is 494. The zero-order valence-corrected chi connectivity index (χ0v) is 11.9. The van der Waals surface area contributed by atoms with Crippen molar-refractivity contribution in [2.45, 2.75) is 13.8 Å². The van der Waals surface area contributed by atoms with Crippen LogP contribution in [0.2, 0.25) is 0 Å². The van der Waals surface area contributed by atoms with Crippen molar-refractivity contribution in [1.82, 2.24) is 0 Å². The Morgan fingerprint density at radius 1 is 1.26 bits per heavy atom. The van der Waals surface area contributed by atoms with Gasteiger partial charge in [0, 0.05) is 12.1 Å². The van der Waals surface area contributed by atoms with E-state index in [1.54, 1.807) is 13.8 Å². The van der Waals surface area contributed by atoms with E-state index >= 15 is 0 Å². The molecule has 19 heavy (non-hydrogen) atoms. The van der Waals surface area contributed by atoms with Crippen LogP contribution in [0.1, 0.15) is 13.8 Å². The summed E-state index contributed by atoms with van der Waals surface area (Å²) >= 11 is 0. The van der Waals surface area contributed by atoms with E-state index in [2.05, 4.69) is 0 Å². The van der Waals surface area contributed by atoms with E-state index in [-0.39, 0.29) is 30.0 Å². The fourth-order valence-electron chi connectivity index (χ4n) is 1.52. The van der Waals surface area contributed by atoms with Crippen molar-refractivity contribution in [2.24, 2.45) is 0 Å². The van der Waals surface area contributed by atoms with Crippen LogP contribution >= 0.6 is 7.60 Å². The van der Waals surface area contributed by atoms with Crippen LogP contribution in [0.5, 0.6) is 5.75 Å². The molecule has 0 amide bonds. The summed E-state index contributed by atoms with van der Waals surface area (Å²) in [4.78, 5) is 10.2. The average Bonchev–Trinajstić information content (AvgIpc) is 2.38. The van der Waals surface area contributed by atoms with E-state index in [4.69, 9.17) is 13.8 Å². The van der Waals surface area contributed by atoms with E-state index in [0.717, 1.165) is 6.07 Å². The first-order chi connectivity index (χ1) is 8.98. The fraction of sp³-hybridized carbons (Fsp3) is 0.455. The number of hydrogen-bond donors (Lipinski definition) is 0. The Hall–Kier alpha value is -1.43. The summed E-state index contributed by atoms with van der Waals surface area (Å²) in [6, 6.07) is 3.80. The lowest BCUT2D eigenvalue weighted by Crippen LogP contribution is -2.14. The Kier molecular flexibility index (Phi) is 5.47. The molecule has 1 rings (SSSR count). The number of non-ortho nitro benzene ring substituents is 1. The normalized spacial score (nSPS) is 11.3. The van der Waals surface area contributed by atoms with Crippen molar-refractivity contribution in [3.8, 4) is 5.75 Å². The first kappa shape index (κ1) is 15.6. The molecule has 0 N–H and O–H groups in total. The minimum absolute atomic E-state index is 0.0629. The lowest BCUT2D eigenvalue weighted by Gasteiger charge is -2.19. The number of nitro benzene ring substituents is 1. The Labute approximate surface area is 111 Å². The van der Waals surface area contributed by atoms with E-state index in [1.165, 1.54) is 19.2 Å². The van der Waals surface area contributed by atoms with Gasteiger partial charge < -0.3 is 13.8 Å². The zero-order valence-electron chi connectivity index (χ0n) is 11.0. The van der Waals surface area contributed by atoms with Gasteiger partial charge in [0.1, 0.15) is 11.1 Å². The SMILES string of the molecule is CCOP(=O)(OCC)c1cc([N+](=O)[O-])ccc1OC. The molecule has 0 saturated heterocycles. The minimum atomic E-state index is -3.62. The maximum absolute atomic E-state index is 12.6. The van der Waals surface area contributed by atoms with Gasteiger partial charge >= 0.3 is 7.60 Å². The molecule has 0 aromatic heterocycles. The quantitative estimate of drug-likeness (QED) is 0.435. The number of methoxy groups -OCH3 is 1. The number of hydrogen-bond acceptors (Lipinski definition) is 6. The zero-order chi connectivity index (χ0) is 14.5. The topological polar surface area (TPSA) is 87.9 Å². The van der Waals surface area contributed by atoms with Gasteiger partial charge in [0.25, 0.3) is 5.69 Å². The molecule has 1 aromatic rings. The second-order valence-corrected chi connectivity index (χ2v) is 5.44. The van der Waals surface area contributed by atoms with Crippen LogP contribution < -0.4 is 10.0 Å². The maximum Gasteiger partial charge on any atom is 0.365 e. The molecule has 106 valence electrons. The highest BCUT2D eigenvalue weighted by atomic mass is 31.2. The molecule has 0 aliphatic rings. The molecule has 0 bridgehead atoms. The Morgan fingerprint density at radius 2 is 1.84 bits per heavy atom. The second kappa shape index (κ2) is 6.65. The van der Waals surface area contributed by atoms with E-state index < -0.39 is 12.5 Å². The van der Waals surface area contributed by atoms with Crippen LogP contribution in [-0.4, -0.2) is 25.2 Å².